The van der Waals surface area contributed by atoms with Crippen molar-refractivity contribution in [3.05, 3.63) is 45.7 Å². The Bertz CT molecular complexity index is 673. The van der Waals surface area contributed by atoms with Gasteiger partial charge >= 0.3 is 0 Å². The quantitative estimate of drug-likeness (QED) is 0.641. The van der Waals surface area contributed by atoms with Crippen LogP contribution >= 0.6 is 11.3 Å². The fraction of sp³-hybridized carbons (Fsp3) is 0.375. The molecule has 0 spiro atoms. The fourth-order valence-corrected chi connectivity index (χ4v) is 3.75. The molecule has 0 saturated heterocycles. The lowest BCUT2D eigenvalue weighted by Gasteiger charge is -2.14. The Balaban J connectivity index is 1.68. The summed E-state index contributed by atoms with van der Waals surface area (Å²) in [5.41, 5.74) is 1.49. The summed E-state index contributed by atoms with van der Waals surface area (Å²) in [6, 6.07) is 3.25. The molecule has 1 aliphatic carbocycles. The number of aromatic nitrogens is 2. The molecule has 0 fully saturated rings. The van der Waals surface area contributed by atoms with Crippen LogP contribution in [0.4, 0.5) is 0 Å². The van der Waals surface area contributed by atoms with Crippen molar-refractivity contribution in [3.8, 4) is 0 Å². The van der Waals surface area contributed by atoms with Crippen LogP contribution in [0.1, 0.15) is 38.8 Å². The molecular formula is C16H17N3O2S. The Morgan fingerprint density at radius 1 is 1.32 bits per heavy atom. The van der Waals surface area contributed by atoms with E-state index in [-0.39, 0.29) is 0 Å². The van der Waals surface area contributed by atoms with E-state index in [0.29, 0.717) is 12.1 Å². The van der Waals surface area contributed by atoms with Crippen LogP contribution < -0.4 is 0 Å². The molecule has 0 unspecified atom stereocenters. The van der Waals surface area contributed by atoms with Crippen LogP contribution in [0.5, 0.6) is 0 Å². The van der Waals surface area contributed by atoms with Crippen molar-refractivity contribution in [2.24, 2.45) is 0 Å². The number of carbonyl (C=O) groups excluding carboxylic acids is 2. The first-order valence-corrected chi connectivity index (χ1v) is 8.14. The lowest BCUT2D eigenvalue weighted by Crippen LogP contribution is -2.32. The minimum Gasteiger partial charge on any atom is -0.332 e. The first-order valence-electron chi connectivity index (χ1n) is 7.32. The summed E-state index contributed by atoms with van der Waals surface area (Å²) in [5.74, 6) is -1.06. The van der Waals surface area contributed by atoms with Crippen molar-refractivity contribution >= 4 is 23.0 Å². The highest BCUT2D eigenvalue weighted by Crippen LogP contribution is 2.27. The molecule has 5 nitrogen and oxygen atoms in total. The van der Waals surface area contributed by atoms with Gasteiger partial charge in [0.15, 0.2) is 0 Å². The number of rotatable bonds is 4. The number of fused-ring (bicyclic) bond motifs is 1. The zero-order chi connectivity index (χ0) is 15.5. The Hall–Kier alpha value is -2.08. The number of aryl methyl sites for hydroxylation is 2. The summed E-state index contributed by atoms with van der Waals surface area (Å²) in [7, 11) is 1.64. The van der Waals surface area contributed by atoms with Crippen molar-refractivity contribution in [2.75, 3.05) is 7.05 Å². The van der Waals surface area contributed by atoms with Crippen LogP contribution in [0, 0.1) is 0 Å². The van der Waals surface area contributed by atoms with Crippen molar-refractivity contribution < 1.29 is 9.59 Å². The van der Waals surface area contributed by atoms with Gasteiger partial charge in [-0.1, -0.05) is 0 Å². The van der Waals surface area contributed by atoms with E-state index >= 15 is 0 Å². The number of likely N-dealkylation sites (N-methyl/N-ethyl adjacent to an activating group) is 1. The van der Waals surface area contributed by atoms with Gasteiger partial charge in [0.05, 0.1) is 12.2 Å². The number of hydrogen-bond donors (Lipinski definition) is 0. The van der Waals surface area contributed by atoms with E-state index in [1.165, 1.54) is 34.5 Å². The van der Waals surface area contributed by atoms with E-state index in [9.17, 15) is 9.59 Å². The molecule has 0 bridgehead atoms. The van der Waals surface area contributed by atoms with Crippen LogP contribution in [-0.2, 0) is 24.2 Å². The van der Waals surface area contributed by atoms with Crippen molar-refractivity contribution in [3.63, 3.8) is 0 Å². The maximum absolute atomic E-state index is 12.2. The molecule has 1 amide bonds. The largest absolute Gasteiger partial charge is 0.332 e. The van der Waals surface area contributed by atoms with E-state index < -0.39 is 11.7 Å². The van der Waals surface area contributed by atoms with E-state index in [4.69, 9.17) is 0 Å². The highest BCUT2D eigenvalue weighted by molar-refractivity contribution is 7.11. The number of amides is 1. The van der Waals surface area contributed by atoms with Crippen LogP contribution in [0.15, 0.2) is 24.5 Å². The standard InChI is InChI=1S/C16H17N3O2S/c1-19(16(21)15(20)11-5-4-8-17-9-11)10-14-18-12-6-2-3-7-13(12)22-14/h4-5,8-9H,2-3,6-7,10H2,1H3. The number of carbonyl (C=O) groups is 2. The molecule has 22 heavy (non-hydrogen) atoms. The van der Waals surface area contributed by atoms with E-state index in [1.54, 1.807) is 36.7 Å². The van der Waals surface area contributed by atoms with Crippen LogP contribution in [0.25, 0.3) is 0 Å². The third-order valence-electron chi connectivity index (χ3n) is 3.73. The summed E-state index contributed by atoms with van der Waals surface area (Å²) in [4.78, 5) is 35.6. The number of pyridine rings is 1. The monoisotopic (exact) mass is 315 g/mol. The Kier molecular flexibility index (Phi) is 4.29. The third-order valence-corrected chi connectivity index (χ3v) is 4.87. The molecule has 2 heterocycles. The van der Waals surface area contributed by atoms with E-state index in [1.807, 2.05) is 0 Å². The predicted octanol–water partition coefficient (Wildman–Crippen LogP) is 2.26. The van der Waals surface area contributed by atoms with Gasteiger partial charge in [-0.15, -0.1) is 11.3 Å². The second-order valence-corrected chi connectivity index (χ2v) is 6.58. The molecule has 0 aliphatic heterocycles. The molecule has 0 radical (unpaired) electrons. The molecule has 3 rings (SSSR count). The highest BCUT2D eigenvalue weighted by atomic mass is 32.1. The zero-order valence-corrected chi connectivity index (χ0v) is 13.2. The van der Waals surface area contributed by atoms with E-state index in [2.05, 4.69) is 9.97 Å². The Morgan fingerprint density at radius 2 is 2.14 bits per heavy atom. The molecule has 6 heteroatoms. The number of thiazole rings is 1. The summed E-state index contributed by atoms with van der Waals surface area (Å²) in [6.45, 7) is 0.377. The highest BCUT2D eigenvalue weighted by Gasteiger charge is 2.22. The summed E-state index contributed by atoms with van der Waals surface area (Å²) < 4.78 is 0. The topological polar surface area (TPSA) is 63.2 Å². The van der Waals surface area contributed by atoms with Gasteiger partial charge in [0.25, 0.3) is 11.7 Å². The maximum Gasteiger partial charge on any atom is 0.295 e. The number of Topliss-reactive ketones (excluding diaryl/α,β-unsaturated/α-hetero) is 1. The molecule has 2 aromatic rings. The molecule has 1 aliphatic rings. The van der Waals surface area contributed by atoms with Crippen molar-refractivity contribution in [1.82, 2.24) is 14.9 Å². The third kappa shape index (κ3) is 3.06. The average Bonchev–Trinajstić information content (AvgIpc) is 2.96. The predicted molar refractivity (Wildman–Crippen MR) is 83.8 cm³/mol. The first kappa shape index (κ1) is 14.8. The second kappa shape index (κ2) is 6.36. The zero-order valence-electron chi connectivity index (χ0n) is 12.4. The van der Waals surface area contributed by atoms with Gasteiger partial charge in [-0.2, -0.15) is 0 Å². The lowest BCUT2D eigenvalue weighted by atomic mass is 10.0. The fourth-order valence-electron chi connectivity index (χ4n) is 2.54. The smallest absolute Gasteiger partial charge is 0.295 e. The first-order chi connectivity index (χ1) is 10.6. The van der Waals surface area contributed by atoms with Gasteiger partial charge in [-0.25, -0.2) is 4.98 Å². The molecular weight excluding hydrogens is 298 g/mol. The van der Waals surface area contributed by atoms with Crippen molar-refractivity contribution in [2.45, 2.75) is 32.2 Å². The van der Waals surface area contributed by atoms with Crippen molar-refractivity contribution in [1.29, 1.82) is 0 Å². The Morgan fingerprint density at radius 3 is 2.86 bits per heavy atom. The second-order valence-electron chi connectivity index (χ2n) is 5.42. The molecule has 0 saturated carbocycles. The van der Waals surface area contributed by atoms with Crippen LogP contribution in [-0.4, -0.2) is 33.6 Å². The molecule has 2 aromatic heterocycles. The Labute approximate surface area is 133 Å². The van der Waals surface area contributed by atoms with Crippen LogP contribution in [0.3, 0.4) is 0 Å². The van der Waals surface area contributed by atoms with Gasteiger partial charge < -0.3 is 4.90 Å². The summed E-state index contributed by atoms with van der Waals surface area (Å²) >= 11 is 1.66. The minimum absolute atomic E-state index is 0.317. The molecule has 0 aromatic carbocycles. The summed E-state index contributed by atoms with van der Waals surface area (Å²) in [5, 5.41) is 0.904. The van der Waals surface area contributed by atoms with E-state index in [0.717, 1.165) is 17.8 Å². The lowest BCUT2D eigenvalue weighted by molar-refractivity contribution is -0.125. The van der Waals surface area contributed by atoms with Gasteiger partial charge in [0, 0.05) is 29.9 Å². The molecule has 0 N–H and O–H groups in total. The number of hydrogen-bond acceptors (Lipinski definition) is 5. The normalized spacial score (nSPS) is 13.5. The number of ketones is 1. The van der Waals surface area contributed by atoms with Gasteiger partial charge in [-0.05, 0) is 37.8 Å². The number of nitrogens with zero attached hydrogens (tertiary/aromatic N) is 3. The SMILES string of the molecule is CN(Cc1nc2c(s1)CCCC2)C(=O)C(=O)c1cccnc1. The van der Waals surface area contributed by atoms with Gasteiger partial charge in [-0.3, -0.25) is 14.6 Å². The molecule has 0 atom stereocenters. The average molecular weight is 315 g/mol. The van der Waals surface area contributed by atoms with Gasteiger partial charge in [0.1, 0.15) is 5.01 Å². The van der Waals surface area contributed by atoms with Gasteiger partial charge in [0.2, 0.25) is 0 Å². The maximum atomic E-state index is 12.2. The summed E-state index contributed by atoms with van der Waals surface area (Å²) in [6.07, 6.45) is 7.49. The minimum atomic E-state index is -0.531. The molecule has 114 valence electrons. The van der Waals surface area contributed by atoms with Crippen LogP contribution in [0.2, 0.25) is 0 Å².